The number of carbonyl (C=O) groups is 1. The van der Waals surface area contributed by atoms with Crippen LogP contribution >= 0.6 is 0 Å². The number of anilines is 2. The molecule has 6 rings (SSSR count). The fourth-order valence-corrected chi connectivity index (χ4v) is 6.69. The highest BCUT2D eigenvalue weighted by molar-refractivity contribution is 6.07. The topological polar surface area (TPSA) is 115 Å². The molecule has 3 aromatic rings. The molecule has 0 spiro atoms. The molecular weight excluding hydrogens is 544 g/mol. The van der Waals surface area contributed by atoms with Crippen LogP contribution in [-0.4, -0.2) is 59.6 Å². The molecule has 1 aromatic carbocycles. The molecule has 0 radical (unpaired) electrons. The molecule has 2 fully saturated rings. The van der Waals surface area contributed by atoms with Crippen LogP contribution in [0.15, 0.2) is 12.1 Å². The molecule has 41 heavy (non-hydrogen) atoms. The highest BCUT2D eigenvalue weighted by Gasteiger charge is 2.51. The van der Waals surface area contributed by atoms with Gasteiger partial charge in [-0.3, -0.25) is 4.79 Å². The maximum absolute atomic E-state index is 16.8. The SMILES string of the molecule is CNC(=O)c1nc2c3c(nc(-c4cc(N)cc(C)c4OC(F)(F)F)c(F)c3c1C)O[C@@H](C)[C@@H]1[C@@H]3CC[C@](C)(CN21)N3. The van der Waals surface area contributed by atoms with Crippen molar-refractivity contribution in [3.8, 4) is 22.9 Å². The van der Waals surface area contributed by atoms with E-state index in [2.05, 4.69) is 32.2 Å². The smallest absolute Gasteiger partial charge is 0.472 e. The number of aryl methyl sites for hydroxylation is 2. The van der Waals surface area contributed by atoms with Crippen LogP contribution in [-0.2, 0) is 0 Å². The van der Waals surface area contributed by atoms with Crippen molar-refractivity contribution in [1.29, 1.82) is 0 Å². The zero-order chi connectivity index (χ0) is 29.6. The lowest BCUT2D eigenvalue weighted by Crippen LogP contribution is -2.66. The molecule has 2 bridgehead atoms. The zero-order valence-electron chi connectivity index (χ0n) is 23.2. The van der Waals surface area contributed by atoms with Crippen molar-refractivity contribution in [2.24, 2.45) is 0 Å². The third-order valence-corrected chi connectivity index (χ3v) is 8.37. The number of nitrogen functional groups attached to an aromatic ring is 1. The van der Waals surface area contributed by atoms with E-state index in [1.165, 1.54) is 26.1 Å². The third-order valence-electron chi connectivity index (χ3n) is 8.37. The number of carbonyl (C=O) groups excluding carboxylic acids is 1. The summed E-state index contributed by atoms with van der Waals surface area (Å²) in [5, 5.41) is 6.47. The number of rotatable bonds is 3. The number of fused-ring (bicyclic) bond motifs is 5. The van der Waals surface area contributed by atoms with Crippen LogP contribution in [0, 0.1) is 19.7 Å². The van der Waals surface area contributed by atoms with E-state index < -0.39 is 35.6 Å². The molecule has 2 saturated heterocycles. The minimum absolute atomic E-state index is 0.00291. The average molecular weight is 575 g/mol. The van der Waals surface area contributed by atoms with Crippen LogP contribution in [0.4, 0.5) is 29.1 Å². The van der Waals surface area contributed by atoms with E-state index in [0.29, 0.717) is 12.4 Å². The quantitative estimate of drug-likeness (QED) is 0.312. The van der Waals surface area contributed by atoms with Crippen LogP contribution < -0.4 is 30.7 Å². The predicted molar refractivity (Wildman–Crippen MR) is 145 cm³/mol. The van der Waals surface area contributed by atoms with Gasteiger partial charge in [0.25, 0.3) is 5.91 Å². The maximum Gasteiger partial charge on any atom is 0.573 e. The molecule has 5 heterocycles. The molecule has 3 aliphatic rings. The van der Waals surface area contributed by atoms with Gasteiger partial charge < -0.3 is 30.7 Å². The Morgan fingerprint density at radius 1 is 1.27 bits per heavy atom. The number of aromatic nitrogens is 2. The van der Waals surface area contributed by atoms with E-state index in [0.717, 1.165) is 12.8 Å². The van der Waals surface area contributed by atoms with Crippen LogP contribution in [0.3, 0.4) is 0 Å². The standard InChI is InChI=1S/C28H30F4N6O3/c1-11-8-14(33)9-15(23(11)41-28(30,31)32)21-19(29)17-12(2)20(25(39)34-5)35-24-18(17)26(36-21)40-13(3)22-16-6-7-27(4,37-16)10-38(22)24/h8-9,13,16,22,37H,6-7,10,33H2,1-5H3,(H,34,39)/t13-,16-,22+,27+/m0/s1. The zero-order valence-corrected chi connectivity index (χ0v) is 23.2. The first-order valence-corrected chi connectivity index (χ1v) is 13.3. The minimum Gasteiger partial charge on any atom is -0.472 e. The van der Waals surface area contributed by atoms with Crippen LogP contribution in [0.25, 0.3) is 22.0 Å². The number of halogens is 4. The van der Waals surface area contributed by atoms with Crippen LogP contribution in [0.1, 0.15) is 48.3 Å². The number of hydrogen-bond donors (Lipinski definition) is 3. The normalized spacial score (nSPS) is 25.0. The Morgan fingerprint density at radius 2 is 2.00 bits per heavy atom. The van der Waals surface area contributed by atoms with Gasteiger partial charge in [-0.05, 0) is 63.8 Å². The summed E-state index contributed by atoms with van der Waals surface area (Å²) in [5.41, 5.74) is 5.36. The second-order valence-corrected chi connectivity index (χ2v) is 11.4. The number of nitrogens with two attached hydrogens (primary N) is 1. The lowest BCUT2D eigenvalue weighted by Gasteiger charge is -2.46. The van der Waals surface area contributed by atoms with Gasteiger partial charge in [0.05, 0.1) is 11.4 Å². The summed E-state index contributed by atoms with van der Waals surface area (Å²) in [7, 11) is 1.45. The summed E-state index contributed by atoms with van der Waals surface area (Å²) >= 11 is 0. The van der Waals surface area contributed by atoms with E-state index in [-0.39, 0.29) is 62.3 Å². The number of alkyl halides is 3. The number of hydrogen-bond acceptors (Lipinski definition) is 8. The Labute approximate surface area is 233 Å². The summed E-state index contributed by atoms with van der Waals surface area (Å²) in [4.78, 5) is 24.3. The van der Waals surface area contributed by atoms with Crippen LogP contribution in [0.5, 0.6) is 11.6 Å². The second kappa shape index (κ2) is 9.07. The number of piperazine rings is 1. The molecule has 9 nitrogen and oxygen atoms in total. The van der Waals surface area contributed by atoms with Gasteiger partial charge in [-0.1, -0.05) is 0 Å². The van der Waals surface area contributed by atoms with Crippen molar-refractivity contribution in [2.75, 3.05) is 24.2 Å². The summed E-state index contributed by atoms with van der Waals surface area (Å²) in [5.74, 6) is -1.74. The lowest BCUT2D eigenvalue weighted by molar-refractivity contribution is -0.274. The first-order chi connectivity index (χ1) is 19.2. The van der Waals surface area contributed by atoms with Crippen molar-refractivity contribution in [3.63, 3.8) is 0 Å². The number of benzene rings is 1. The van der Waals surface area contributed by atoms with Gasteiger partial charge in [0, 0.05) is 41.8 Å². The Kier molecular flexibility index (Phi) is 6.04. The van der Waals surface area contributed by atoms with Crippen LogP contribution in [0.2, 0.25) is 0 Å². The highest BCUT2D eigenvalue weighted by Crippen LogP contribution is 2.48. The number of pyridine rings is 2. The van der Waals surface area contributed by atoms with Gasteiger partial charge in [-0.25, -0.2) is 14.4 Å². The van der Waals surface area contributed by atoms with Gasteiger partial charge in [-0.2, -0.15) is 0 Å². The van der Waals surface area contributed by atoms with Crippen molar-refractivity contribution in [2.45, 2.75) is 70.6 Å². The Bertz CT molecular complexity index is 1610. The monoisotopic (exact) mass is 574 g/mol. The number of nitrogens with zero attached hydrogens (tertiary/aromatic N) is 3. The fourth-order valence-electron chi connectivity index (χ4n) is 6.69. The summed E-state index contributed by atoms with van der Waals surface area (Å²) in [6.07, 6.45) is -3.71. The molecular formula is C28H30F4N6O3. The third kappa shape index (κ3) is 4.28. The van der Waals surface area contributed by atoms with E-state index >= 15 is 4.39 Å². The van der Waals surface area contributed by atoms with Crippen molar-refractivity contribution in [3.05, 3.63) is 34.8 Å². The summed E-state index contributed by atoms with van der Waals surface area (Å²) in [6, 6.07) is 2.30. The Balaban J connectivity index is 1.70. The maximum atomic E-state index is 16.8. The predicted octanol–water partition coefficient (Wildman–Crippen LogP) is 4.37. The number of nitrogens with one attached hydrogen (secondary N) is 2. The van der Waals surface area contributed by atoms with Crippen molar-refractivity contribution in [1.82, 2.24) is 20.6 Å². The molecule has 0 saturated carbocycles. The van der Waals surface area contributed by atoms with E-state index in [9.17, 15) is 18.0 Å². The fraction of sp³-hybridized carbons (Fsp3) is 0.464. The number of amides is 1. The highest BCUT2D eigenvalue weighted by atomic mass is 19.4. The summed E-state index contributed by atoms with van der Waals surface area (Å²) in [6.45, 7) is 7.43. The van der Waals surface area contributed by atoms with Gasteiger partial charge in [-0.15, -0.1) is 13.2 Å². The van der Waals surface area contributed by atoms with Gasteiger partial charge in [0.15, 0.2) is 5.82 Å². The molecule has 2 aromatic heterocycles. The van der Waals surface area contributed by atoms with E-state index in [1.807, 2.05) is 6.92 Å². The van der Waals surface area contributed by atoms with Gasteiger partial charge >= 0.3 is 6.36 Å². The van der Waals surface area contributed by atoms with Crippen molar-refractivity contribution >= 4 is 28.2 Å². The van der Waals surface area contributed by atoms with Crippen molar-refractivity contribution < 1.29 is 31.8 Å². The molecule has 4 atom stereocenters. The number of ether oxygens (including phenoxy) is 2. The average Bonchev–Trinajstić information content (AvgIpc) is 3.13. The molecule has 4 N–H and O–H groups in total. The lowest BCUT2D eigenvalue weighted by atomic mass is 9.95. The molecule has 13 heteroatoms. The first-order valence-electron chi connectivity index (χ1n) is 13.3. The van der Waals surface area contributed by atoms with Gasteiger partial charge in [0.2, 0.25) is 5.88 Å². The first kappa shape index (κ1) is 27.3. The minimum atomic E-state index is -5.05. The summed E-state index contributed by atoms with van der Waals surface area (Å²) < 4.78 is 67.8. The molecule has 3 aliphatic heterocycles. The largest absolute Gasteiger partial charge is 0.573 e. The molecule has 218 valence electrons. The van der Waals surface area contributed by atoms with E-state index in [1.54, 1.807) is 6.92 Å². The van der Waals surface area contributed by atoms with Gasteiger partial charge in [0.1, 0.15) is 29.1 Å². The molecule has 1 amide bonds. The molecule has 0 unspecified atom stereocenters. The van der Waals surface area contributed by atoms with E-state index in [4.69, 9.17) is 15.5 Å². The Hall–Kier alpha value is -3.87. The Morgan fingerprint density at radius 3 is 2.68 bits per heavy atom. The molecule has 0 aliphatic carbocycles. The second-order valence-electron chi connectivity index (χ2n) is 11.4.